The van der Waals surface area contributed by atoms with Crippen LogP contribution in [0.1, 0.15) is 12.1 Å². The minimum atomic E-state index is -3.66. The van der Waals surface area contributed by atoms with Crippen molar-refractivity contribution in [1.82, 2.24) is 9.97 Å². The number of nitrogens with two attached hydrogens (primary N) is 3. The second-order valence-corrected chi connectivity index (χ2v) is 6.05. The Balaban J connectivity index is 2.33. The van der Waals surface area contributed by atoms with Crippen LogP contribution in [0.25, 0.3) is 0 Å². The van der Waals surface area contributed by atoms with E-state index in [9.17, 15) is 8.42 Å². The van der Waals surface area contributed by atoms with E-state index in [1.54, 1.807) is 18.0 Å². The third kappa shape index (κ3) is 6.79. The van der Waals surface area contributed by atoms with Gasteiger partial charge in [-0.15, -0.1) is 0 Å². The minimum absolute atomic E-state index is 0.234. The molecule has 0 radical (unpaired) electrons. The normalized spacial score (nSPS) is 13.2. The van der Waals surface area contributed by atoms with Crippen molar-refractivity contribution < 1.29 is 8.42 Å². The van der Waals surface area contributed by atoms with Crippen LogP contribution in [0.4, 0.5) is 5.95 Å². The third-order valence-electron chi connectivity index (χ3n) is 1.88. The van der Waals surface area contributed by atoms with Crippen molar-refractivity contribution in [1.29, 1.82) is 0 Å². The topological polar surface area (TPSA) is 166 Å². The fraction of sp³-hybridized carbons (Fsp3) is 0.375. The number of nitrogens with zero attached hydrogens (tertiary/aromatic N) is 3. The van der Waals surface area contributed by atoms with Crippen LogP contribution in [0.2, 0.25) is 0 Å². The molecular formula is C8H15N7O2S2. The zero-order valence-corrected chi connectivity index (χ0v) is 11.6. The summed E-state index contributed by atoms with van der Waals surface area (Å²) in [5.41, 5.74) is 6.61. The second kappa shape index (κ2) is 7.11. The lowest BCUT2D eigenvalue weighted by Crippen LogP contribution is -2.11. The van der Waals surface area contributed by atoms with Crippen molar-refractivity contribution in [3.05, 3.63) is 23.0 Å². The molecule has 0 fully saturated rings. The Kier molecular flexibility index (Phi) is 5.79. The maximum absolute atomic E-state index is 10.7. The first-order valence-electron chi connectivity index (χ1n) is 5.12. The zero-order valence-electron chi connectivity index (χ0n) is 9.98. The number of hydrogen-bond acceptors (Lipinski definition) is 7. The summed E-state index contributed by atoms with van der Waals surface area (Å²) >= 11 is 1.56. The third-order valence-corrected chi connectivity index (χ3v) is 3.51. The minimum Gasteiger partial charge on any atom is -0.401 e. The van der Waals surface area contributed by atoms with Crippen molar-refractivity contribution in [2.24, 2.45) is 27.1 Å². The highest BCUT2D eigenvalue weighted by atomic mass is 32.2. The van der Waals surface area contributed by atoms with Crippen molar-refractivity contribution in [3.63, 3.8) is 0 Å². The molecule has 0 aliphatic heterocycles. The molecule has 0 amide bonds. The van der Waals surface area contributed by atoms with Gasteiger partial charge in [0, 0.05) is 17.1 Å². The molecule has 7 N–H and O–H groups in total. The molecule has 11 heteroatoms. The van der Waals surface area contributed by atoms with Crippen LogP contribution >= 0.6 is 11.8 Å². The summed E-state index contributed by atoms with van der Waals surface area (Å²) in [4.78, 5) is 6.83. The summed E-state index contributed by atoms with van der Waals surface area (Å²) in [6, 6.07) is 0. The maximum Gasteiger partial charge on any atom is 0.248 e. The smallest absolute Gasteiger partial charge is 0.248 e. The lowest BCUT2D eigenvalue weighted by molar-refractivity contribution is 0.606. The Morgan fingerprint density at radius 2 is 2.32 bits per heavy atom. The van der Waals surface area contributed by atoms with Gasteiger partial charge in [0.1, 0.15) is 0 Å². The quantitative estimate of drug-likeness (QED) is 0.241. The highest BCUT2D eigenvalue weighted by Crippen LogP contribution is 2.15. The summed E-state index contributed by atoms with van der Waals surface area (Å²) in [6.07, 6.45) is 2.06. The number of aromatic amines is 1. The molecule has 0 aliphatic carbocycles. The number of thioether (sulfide) groups is 1. The first kappa shape index (κ1) is 15.5. The summed E-state index contributed by atoms with van der Waals surface area (Å²) in [7, 11) is -3.66. The van der Waals surface area contributed by atoms with Gasteiger partial charge in [0.15, 0.2) is 0 Å². The molecule has 106 valence electrons. The molecule has 1 rings (SSSR count). The molecule has 1 aromatic rings. The highest BCUT2D eigenvalue weighted by molar-refractivity contribution is 7.98. The first-order valence-corrected chi connectivity index (χ1v) is 7.88. The van der Waals surface area contributed by atoms with Gasteiger partial charge in [0.25, 0.3) is 0 Å². The van der Waals surface area contributed by atoms with Crippen LogP contribution in [0, 0.1) is 0 Å². The number of aromatic nitrogens is 2. The first-order chi connectivity index (χ1) is 8.90. The number of H-pyrrole nitrogens is 1. The standard InChI is InChI=1S/C8H15N7O2S2/c9-6(5-19(11,16)17)1-2-18-4-7-3-12-8(13-7)14-15-10/h3,5H,1-2,4,9H2,(H2,11,16,17)(H3,10,12,13,14)/b6-5-. The number of hydrogen-bond donors (Lipinski definition) is 4. The van der Waals surface area contributed by atoms with E-state index in [1.165, 1.54) is 0 Å². The van der Waals surface area contributed by atoms with Gasteiger partial charge in [-0.2, -0.15) is 11.8 Å². The molecule has 0 aromatic carbocycles. The van der Waals surface area contributed by atoms with Crippen LogP contribution in [0.3, 0.4) is 0 Å². The average Bonchev–Trinajstić information content (AvgIpc) is 2.70. The molecule has 1 aromatic heterocycles. The molecule has 0 unspecified atom stereocenters. The van der Waals surface area contributed by atoms with Gasteiger partial charge < -0.3 is 16.6 Å². The average molecular weight is 305 g/mol. The van der Waals surface area contributed by atoms with Gasteiger partial charge in [0.05, 0.1) is 11.6 Å². The molecule has 0 saturated carbocycles. The number of rotatable bonds is 7. The molecule has 0 atom stereocenters. The van der Waals surface area contributed by atoms with Gasteiger partial charge in [-0.3, -0.25) is 0 Å². The van der Waals surface area contributed by atoms with E-state index in [1.807, 2.05) is 0 Å². The van der Waals surface area contributed by atoms with Gasteiger partial charge in [0.2, 0.25) is 16.0 Å². The van der Waals surface area contributed by atoms with Crippen LogP contribution in [0.15, 0.2) is 27.6 Å². The second-order valence-electron chi connectivity index (χ2n) is 3.53. The largest absolute Gasteiger partial charge is 0.401 e. The highest BCUT2D eigenvalue weighted by Gasteiger charge is 2.02. The Morgan fingerprint density at radius 1 is 1.58 bits per heavy atom. The SMILES string of the molecule is N/N=N/c1ncc(CSCC/C(N)=C/S(N)(=O)=O)[nH]1. The fourth-order valence-corrected chi connectivity index (χ4v) is 2.60. The predicted molar refractivity (Wildman–Crippen MR) is 73.4 cm³/mol. The summed E-state index contributed by atoms with van der Waals surface area (Å²) in [5.74, 6) is 6.55. The van der Waals surface area contributed by atoms with Crippen LogP contribution in [0.5, 0.6) is 0 Å². The Hall–Kier alpha value is -1.59. The molecule has 0 bridgehead atoms. The molecule has 9 nitrogen and oxygen atoms in total. The number of allylic oxidation sites excluding steroid dienone is 1. The lowest BCUT2D eigenvalue weighted by atomic mass is 10.4. The van der Waals surface area contributed by atoms with E-state index in [0.717, 1.165) is 11.1 Å². The monoisotopic (exact) mass is 305 g/mol. The molecule has 19 heavy (non-hydrogen) atoms. The van der Waals surface area contributed by atoms with Crippen molar-refractivity contribution in [3.8, 4) is 0 Å². The lowest BCUT2D eigenvalue weighted by Gasteiger charge is -2.00. The van der Waals surface area contributed by atoms with E-state index in [2.05, 4.69) is 20.3 Å². The van der Waals surface area contributed by atoms with E-state index in [0.29, 0.717) is 23.9 Å². The number of sulfonamides is 1. The van der Waals surface area contributed by atoms with Crippen LogP contribution in [-0.2, 0) is 15.8 Å². The van der Waals surface area contributed by atoms with Crippen LogP contribution in [-0.4, -0.2) is 24.1 Å². The predicted octanol–water partition coefficient (Wildman–Crippen LogP) is 0.0790. The van der Waals surface area contributed by atoms with E-state index >= 15 is 0 Å². The van der Waals surface area contributed by atoms with E-state index in [4.69, 9.17) is 16.7 Å². The van der Waals surface area contributed by atoms with Gasteiger partial charge in [-0.25, -0.2) is 18.5 Å². The Bertz CT molecular complexity index is 563. The number of primary sulfonamides is 1. The van der Waals surface area contributed by atoms with Crippen molar-refractivity contribution in [2.45, 2.75) is 12.2 Å². The number of nitrogens with one attached hydrogen (secondary N) is 1. The molecule has 0 saturated heterocycles. The maximum atomic E-state index is 10.7. The molecule has 0 aliphatic rings. The van der Waals surface area contributed by atoms with Gasteiger partial charge >= 0.3 is 0 Å². The van der Waals surface area contributed by atoms with Crippen LogP contribution < -0.4 is 16.7 Å². The van der Waals surface area contributed by atoms with Crippen molar-refractivity contribution >= 4 is 27.7 Å². The summed E-state index contributed by atoms with van der Waals surface area (Å²) in [6.45, 7) is 0. The fourth-order valence-electron chi connectivity index (χ4n) is 1.17. The summed E-state index contributed by atoms with van der Waals surface area (Å²) in [5, 5.41) is 12.3. The van der Waals surface area contributed by atoms with E-state index in [-0.39, 0.29) is 5.70 Å². The van der Waals surface area contributed by atoms with Gasteiger partial charge in [-0.05, 0) is 12.2 Å². The van der Waals surface area contributed by atoms with Gasteiger partial charge in [-0.1, -0.05) is 10.3 Å². The number of imidazole rings is 1. The Labute approximate surface area is 114 Å². The molecule has 0 spiro atoms. The van der Waals surface area contributed by atoms with Crippen molar-refractivity contribution in [2.75, 3.05) is 5.75 Å². The van der Waals surface area contributed by atoms with E-state index < -0.39 is 10.0 Å². The Morgan fingerprint density at radius 3 is 2.95 bits per heavy atom. The molecule has 1 heterocycles. The summed E-state index contributed by atoms with van der Waals surface area (Å²) < 4.78 is 21.5. The zero-order chi connectivity index (χ0) is 14.3. The molecular weight excluding hydrogens is 290 g/mol.